The molecule has 154 valence electrons. The van der Waals surface area contributed by atoms with E-state index in [0.717, 1.165) is 29.5 Å². The lowest BCUT2D eigenvalue weighted by Crippen LogP contribution is -2.41. The number of nitrogens with zero attached hydrogens (tertiary/aromatic N) is 3. The van der Waals surface area contributed by atoms with E-state index in [0.29, 0.717) is 19.5 Å². The molecular weight excluding hydrogens is 467 g/mol. The van der Waals surface area contributed by atoms with Crippen LogP contribution in [0.25, 0.3) is 11.3 Å². The minimum Gasteiger partial charge on any atom is -0.356 e. The van der Waals surface area contributed by atoms with Gasteiger partial charge in [-0.25, -0.2) is 4.98 Å². The monoisotopic (exact) mass is 498 g/mol. The molecule has 1 aromatic carbocycles. The van der Waals surface area contributed by atoms with Crippen LogP contribution in [0.4, 0.5) is 0 Å². The first-order valence-corrected chi connectivity index (χ1v) is 9.34. The van der Waals surface area contributed by atoms with E-state index in [1.54, 1.807) is 7.05 Å². The summed E-state index contributed by atoms with van der Waals surface area (Å²) in [6, 6.07) is 10.3. The van der Waals surface area contributed by atoms with E-state index < -0.39 is 0 Å². The van der Waals surface area contributed by atoms with Crippen LogP contribution in [0.5, 0.6) is 0 Å². The van der Waals surface area contributed by atoms with Gasteiger partial charge in [-0.2, -0.15) is 0 Å². The molecule has 1 amide bonds. The van der Waals surface area contributed by atoms with Gasteiger partial charge in [0.25, 0.3) is 0 Å². The summed E-state index contributed by atoms with van der Waals surface area (Å²) in [4.78, 5) is 25.9. The highest BCUT2D eigenvalue weighted by Gasteiger charge is 2.11. The number of benzene rings is 1. The fourth-order valence-electron chi connectivity index (χ4n) is 2.63. The summed E-state index contributed by atoms with van der Waals surface area (Å²) in [6.45, 7) is 5.18. The summed E-state index contributed by atoms with van der Waals surface area (Å²) in [5, 5.41) is 6.18. The second-order valence-corrected chi connectivity index (χ2v) is 6.57. The molecule has 3 N–H and O–H groups in total. The molecule has 1 heterocycles. The second-order valence-electron chi connectivity index (χ2n) is 6.57. The number of imidazole rings is 1. The number of aliphatic imine (C=N–C) groups is 1. The smallest absolute Gasteiger partial charge is 0.221 e. The molecule has 1 unspecified atom stereocenters. The Bertz CT molecular complexity index is 746. The average molecular weight is 498 g/mol. The molecule has 0 radical (unpaired) electrons. The Kier molecular flexibility index (Phi) is 10.6. The minimum atomic E-state index is 0. The Balaban J connectivity index is 0.00000392. The summed E-state index contributed by atoms with van der Waals surface area (Å²) in [6.07, 6.45) is 3.18. The zero-order chi connectivity index (χ0) is 19.6. The molecule has 28 heavy (non-hydrogen) atoms. The molecule has 0 aliphatic carbocycles. The lowest BCUT2D eigenvalue weighted by Gasteiger charge is -2.21. The Morgan fingerprint density at radius 1 is 1.32 bits per heavy atom. The highest BCUT2D eigenvalue weighted by Crippen LogP contribution is 2.16. The number of guanidine groups is 1. The Hall–Kier alpha value is -2.10. The number of halogens is 1. The Labute approximate surface area is 184 Å². The van der Waals surface area contributed by atoms with Crippen LogP contribution in [-0.4, -0.2) is 53.4 Å². The number of carbonyl (C=O) groups is 1. The van der Waals surface area contributed by atoms with E-state index >= 15 is 0 Å². The highest BCUT2D eigenvalue weighted by molar-refractivity contribution is 14.0. The van der Waals surface area contributed by atoms with Crippen LogP contribution in [-0.2, 0) is 11.3 Å². The van der Waals surface area contributed by atoms with Gasteiger partial charge in [0.1, 0.15) is 5.82 Å². The molecule has 0 saturated carbocycles. The van der Waals surface area contributed by atoms with Gasteiger partial charge in [0.15, 0.2) is 5.96 Å². The van der Waals surface area contributed by atoms with E-state index in [9.17, 15) is 4.79 Å². The standard InChI is InChI=1S/C20H30N6O.HI/c1-5-15(2)24-19(27)11-12-22-20(21-3)26(4)14-18-23-13-17(25-18)16-9-7-6-8-10-16;/h6-10,13,15H,5,11-12,14H2,1-4H3,(H,21,22)(H,23,25)(H,24,27);1H. The molecule has 0 aliphatic rings. The minimum absolute atomic E-state index is 0. The third kappa shape index (κ3) is 7.49. The number of aromatic amines is 1. The molecule has 0 fully saturated rings. The number of rotatable bonds is 8. The van der Waals surface area contributed by atoms with Crippen LogP contribution in [0.15, 0.2) is 41.5 Å². The van der Waals surface area contributed by atoms with E-state index in [2.05, 4.69) is 32.5 Å². The largest absolute Gasteiger partial charge is 0.356 e. The fraction of sp³-hybridized carbons (Fsp3) is 0.450. The van der Waals surface area contributed by atoms with Crippen molar-refractivity contribution in [3.05, 3.63) is 42.4 Å². The quantitative estimate of drug-likeness (QED) is 0.297. The Morgan fingerprint density at radius 3 is 2.68 bits per heavy atom. The first kappa shape index (κ1) is 23.9. The maximum absolute atomic E-state index is 11.9. The molecule has 0 spiro atoms. The first-order chi connectivity index (χ1) is 13.0. The van der Waals surface area contributed by atoms with Crippen LogP contribution in [0.3, 0.4) is 0 Å². The predicted molar refractivity (Wildman–Crippen MR) is 125 cm³/mol. The fourth-order valence-corrected chi connectivity index (χ4v) is 2.63. The maximum atomic E-state index is 11.9. The van der Waals surface area contributed by atoms with Crippen LogP contribution in [0, 0.1) is 0 Å². The van der Waals surface area contributed by atoms with E-state index in [-0.39, 0.29) is 35.9 Å². The summed E-state index contributed by atoms with van der Waals surface area (Å²) < 4.78 is 0. The highest BCUT2D eigenvalue weighted by atomic mass is 127. The number of nitrogens with one attached hydrogen (secondary N) is 3. The van der Waals surface area contributed by atoms with E-state index in [4.69, 9.17) is 0 Å². The molecule has 0 saturated heterocycles. The molecule has 1 atom stereocenters. The van der Waals surface area contributed by atoms with Crippen LogP contribution < -0.4 is 10.6 Å². The van der Waals surface area contributed by atoms with Gasteiger partial charge in [-0.3, -0.25) is 9.79 Å². The molecule has 1 aromatic heterocycles. The number of H-pyrrole nitrogens is 1. The van der Waals surface area contributed by atoms with Crippen molar-refractivity contribution in [2.24, 2.45) is 4.99 Å². The van der Waals surface area contributed by atoms with Crippen molar-refractivity contribution in [1.29, 1.82) is 0 Å². The van der Waals surface area contributed by atoms with Crippen molar-refractivity contribution in [3.63, 3.8) is 0 Å². The van der Waals surface area contributed by atoms with Gasteiger partial charge in [-0.05, 0) is 18.9 Å². The lowest BCUT2D eigenvalue weighted by molar-refractivity contribution is -0.121. The van der Waals surface area contributed by atoms with Gasteiger partial charge >= 0.3 is 0 Å². The van der Waals surface area contributed by atoms with Crippen LogP contribution >= 0.6 is 24.0 Å². The van der Waals surface area contributed by atoms with Gasteiger partial charge in [0, 0.05) is 33.1 Å². The summed E-state index contributed by atoms with van der Waals surface area (Å²) >= 11 is 0. The summed E-state index contributed by atoms with van der Waals surface area (Å²) in [5.41, 5.74) is 2.09. The van der Waals surface area contributed by atoms with Gasteiger partial charge in [0.05, 0.1) is 18.4 Å². The van der Waals surface area contributed by atoms with Gasteiger partial charge in [-0.15, -0.1) is 24.0 Å². The van der Waals surface area contributed by atoms with Crippen molar-refractivity contribution in [1.82, 2.24) is 25.5 Å². The zero-order valence-corrected chi connectivity index (χ0v) is 19.4. The SMILES string of the molecule is CCC(C)NC(=O)CCNC(=NC)N(C)Cc1ncc(-c2ccccc2)[nH]1.I. The molecule has 2 aromatic rings. The zero-order valence-electron chi connectivity index (χ0n) is 17.0. The number of hydrogen-bond acceptors (Lipinski definition) is 3. The third-order valence-corrected chi connectivity index (χ3v) is 4.33. The van der Waals surface area contributed by atoms with Crippen molar-refractivity contribution in [2.45, 2.75) is 39.3 Å². The van der Waals surface area contributed by atoms with Crippen LogP contribution in [0.2, 0.25) is 0 Å². The van der Waals surface area contributed by atoms with Crippen LogP contribution in [0.1, 0.15) is 32.5 Å². The van der Waals surface area contributed by atoms with Crippen molar-refractivity contribution >= 4 is 35.8 Å². The normalized spacial score (nSPS) is 12.1. The van der Waals surface area contributed by atoms with Gasteiger partial charge in [0.2, 0.25) is 5.91 Å². The summed E-state index contributed by atoms with van der Waals surface area (Å²) in [5.74, 6) is 1.63. The van der Waals surface area contributed by atoms with Crippen molar-refractivity contribution in [2.75, 3.05) is 20.6 Å². The number of hydrogen-bond donors (Lipinski definition) is 3. The third-order valence-electron chi connectivity index (χ3n) is 4.33. The molecule has 0 bridgehead atoms. The summed E-state index contributed by atoms with van der Waals surface area (Å²) in [7, 11) is 3.68. The predicted octanol–water partition coefficient (Wildman–Crippen LogP) is 3.01. The lowest BCUT2D eigenvalue weighted by atomic mass is 10.2. The van der Waals surface area contributed by atoms with Gasteiger partial charge in [-0.1, -0.05) is 37.3 Å². The Morgan fingerprint density at radius 2 is 2.04 bits per heavy atom. The number of carbonyl (C=O) groups excluding carboxylic acids is 1. The van der Waals surface area contributed by atoms with Crippen molar-refractivity contribution in [3.8, 4) is 11.3 Å². The van der Waals surface area contributed by atoms with Gasteiger partial charge < -0.3 is 20.5 Å². The first-order valence-electron chi connectivity index (χ1n) is 9.34. The van der Waals surface area contributed by atoms with E-state index in [1.165, 1.54) is 0 Å². The maximum Gasteiger partial charge on any atom is 0.221 e. The van der Waals surface area contributed by atoms with Crippen molar-refractivity contribution < 1.29 is 4.79 Å². The number of aromatic nitrogens is 2. The molecule has 2 rings (SSSR count). The molecule has 0 aliphatic heterocycles. The molecule has 8 heteroatoms. The average Bonchev–Trinajstić information content (AvgIpc) is 3.14. The van der Waals surface area contributed by atoms with E-state index in [1.807, 2.05) is 55.4 Å². The molecular formula is C20H31IN6O. The topological polar surface area (TPSA) is 85.4 Å². The second kappa shape index (κ2) is 12.4. The number of amides is 1. The molecule has 7 nitrogen and oxygen atoms in total.